The molecule has 1 fully saturated rings. The molecule has 0 aliphatic heterocycles. The Balaban J connectivity index is 1.50. The van der Waals surface area contributed by atoms with E-state index in [1.165, 1.54) is 11.1 Å². The van der Waals surface area contributed by atoms with E-state index in [-0.39, 0.29) is 11.8 Å². The van der Waals surface area contributed by atoms with Gasteiger partial charge in [-0.1, -0.05) is 24.3 Å². The standard InChI is InChI=1S/C18H16F3N5/c1-9-8-13(26-17(22-9)24-16(25-26)18(19,20)21)23-15-12-7-6-10-4-2-3-5-11(10)14(12)15/h2-5,8,12,14-15,23H,6-7H2,1H3. The van der Waals surface area contributed by atoms with Gasteiger partial charge in [0, 0.05) is 23.7 Å². The molecule has 26 heavy (non-hydrogen) atoms. The Kier molecular flexibility index (Phi) is 3.11. The summed E-state index contributed by atoms with van der Waals surface area (Å²) in [6.07, 6.45) is -2.47. The van der Waals surface area contributed by atoms with Gasteiger partial charge >= 0.3 is 6.18 Å². The summed E-state index contributed by atoms with van der Waals surface area (Å²) in [5, 5.41) is 7.02. The van der Waals surface area contributed by atoms with Crippen molar-refractivity contribution in [2.45, 2.75) is 37.9 Å². The molecule has 0 saturated heterocycles. The zero-order valence-corrected chi connectivity index (χ0v) is 14.0. The van der Waals surface area contributed by atoms with Crippen LogP contribution in [-0.4, -0.2) is 25.6 Å². The molecule has 0 spiro atoms. The maximum absolute atomic E-state index is 13.0. The second-order valence-electron chi connectivity index (χ2n) is 7.02. The highest BCUT2D eigenvalue weighted by molar-refractivity contribution is 5.51. The van der Waals surface area contributed by atoms with E-state index >= 15 is 0 Å². The van der Waals surface area contributed by atoms with Crippen molar-refractivity contribution in [3.8, 4) is 0 Å². The lowest BCUT2D eigenvalue weighted by Crippen LogP contribution is -2.12. The summed E-state index contributed by atoms with van der Waals surface area (Å²) in [5.41, 5.74) is 3.32. The van der Waals surface area contributed by atoms with E-state index < -0.39 is 12.0 Å². The fourth-order valence-electron chi connectivity index (χ4n) is 4.14. The first-order chi connectivity index (χ1) is 12.4. The Hall–Kier alpha value is -2.64. The number of fused-ring (bicyclic) bond motifs is 4. The van der Waals surface area contributed by atoms with Crippen LogP contribution >= 0.6 is 0 Å². The molecule has 3 aromatic rings. The largest absolute Gasteiger partial charge is 0.453 e. The van der Waals surface area contributed by atoms with Crippen LogP contribution in [0.4, 0.5) is 19.0 Å². The van der Waals surface area contributed by atoms with E-state index in [2.05, 4.69) is 32.5 Å². The van der Waals surface area contributed by atoms with E-state index in [0.29, 0.717) is 23.3 Å². The lowest BCUT2D eigenvalue weighted by atomic mass is 9.92. The summed E-state index contributed by atoms with van der Waals surface area (Å²) in [6, 6.07) is 10.3. The van der Waals surface area contributed by atoms with Crippen LogP contribution in [-0.2, 0) is 12.6 Å². The average molecular weight is 359 g/mol. The van der Waals surface area contributed by atoms with Gasteiger partial charge in [-0.3, -0.25) is 0 Å². The number of nitrogens with zero attached hydrogens (tertiary/aromatic N) is 4. The minimum atomic E-state index is -4.59. The highest BCUT2D eigenvalue weighted by Crippen LogP contribution is 2.55. The predicted octanol–water partition coefficient (Wildman–Crippen LogP) is 3.59. The molecule has 2 heterocycles. The molecule has 1 aromatic carbocycles. The van der Waals surface area contributed by atoms with Gasteiger partial charge in [0.1, 0.15) is 5.82 Å². The molecule has 1 saturated carbocycles. The van der Waals surface area contributed by atoms with Gasteiger partial charge in [-0.15, -0.1) is 5.10 Å². The highest BCUT2D eigenvalue weighted by Gasteiger charge is 2.53. The van der Waals surface area contributed by atoms with Crippen molar-refractivity contribution < 1.29 is 13.2 Å². The molecule has 0 amide bonds. The summed E-state index contributed by atoms with van der Waals surface area (Å²) in [7, 11) is 0. The van der Waals surface area contributed by atoms with Gasteiger partial charge in [-0.2, -0.15) is 22.7 Å². The van der Waals surface area contributed by atoms with Crippen molar-refractivity contribution in [3.05, 3.63) is 53.0 Å². The predicted molar refractivity (Wildman–Crippen MR) is 88.9 cm³/mol. The normalized spacial score (nSPS) is 24.2. The molecule has 2 aliphatic rings. The quantitative estimate of drug-likeness (QED) is 0.760. The summed E-state index contributed by atoms with van der Waals surface area (Å²) in [6.45, 7) is 1.74. The Morgan fingerprint density at radius 1 is 1.19 bits per heavy atom. The molecule has 3 unspecified atom stereocenters. The zero-order valence-electron chi connectivity index (χ0n) is 14.0. The Morgan fingerprint density at radius 3 is 2.81 bits per heavy atom. The van der Waals surface area contributed by atoms with Crippen LogP contribution in [0.5, 0.6) is 0 Å². The van der Waals surface area contributed by atoms with Gasteiger partial charge in [0.05, 0.1) is 0 Å². The molecule has 134 valence electrons. The van der Waals surface area contributed by atoms with Gasteiger partial charge in [-0.05, 0) is 36.8 Å². The van der Waals surface area contributed by atoms with Gasteiger partial charge in [-0.25, -0.2) is 4.98 Å². The van der Waals surface area contributed by atoms with Crippen molar-refractivity contribution in [1.82, 2.24) is 19.6 Å². The molecule has 2 aliphatic carbocycles. The third-order valence-electron chi connectivity index (χ3n) is 5.34. The molecule has 0 bridgehead atoms. The summed E-state index contributed by atoms with van der Waals surface area (Å²) >= 11 is 0. The van der Waals surface area contributed by atoms with Crippen molar-refractivity contribution in [3.63, 3.8) is 0 Å². The molecule has 8 heteroatoms. The first-order valence-corrected chi connectivity index (χ1v) is 8.58. The lowest BCUT2D eigenvalue weighted by Gasteiger charge is -2.13. The van der Waals surface area contributed by atoms with Crippen LogP contribution in [0.3, 0.4) is 0 Å². The molecular formula is C18H16F3N5. The van der Waals surface area contributed by atoms with E-state index in [9.17, 15) is 13.2 Å². The van der Waals surface area contributed by atoms with Crippen LogP contribution in [0.15, 0.2) is 30.3 Å². The summed E-state index contributed by atoms with van der Waals surface area (Å²) < 4.78 is 40.0. The Morgan fingerprint density at radius 2 is 2.00 bits per heavy atom. The van der Waals surface area contributed by atoms with E-state index in [1.807, 2.05) is 12.1 Å². The third kappa shape index (κ3) is 2.35. The number of halogens is 3. The molecule has 0 radical (unpaired) electrons. The second-order valence-corrected chi connectivity index (χ2v) is 7.02. The minimum absolute atomic E-state index is 0.0381. The molecule has 3 atom stereocenters. The smallest absolute Gasteiger partial charge is 0.366 e. The van der Waals surface area contributed by atoms with Crippen LogP contribution in [0.25, 0.3) is 5.78 Å². The zero-order chi connectivity index (χ0) is 18.1. The number of aromatic nitrogens is 4. The van der Waals surface area contributed by atoms with Gasteiger partial charge in [0.25, 0.3) is 11.6 Å². The summed E-state index contributed by atoms with van der Waals surface area (Å²) in [4.78, 5) is 7.61. The monoisotopic (exact) mass is 359 g/mol. The fourth-order valence-corrected chi connectivity index (χ4v) is 4.14. The average Bonchev–Trinajstić information content (AvgIpc) is 3.10. The number of alkyl halides is 3. The Labute approximate surface area is 147 Å². The fraction of sp³-hybridized carbons (Fsp3) is 0.389. The van der Waals surface area contributed by atoms with Gasteiger partial charge < -0.3 is 5.32 Å². The van der Waals surface area contributed by atoms with Crippen molar-refractivity contribution in [2.75, 3.05) is 5.32 Å². The first kappa shape index (κ1) is 15.6. The molecule has 1 N–H and O–H groups in total. The number of rotatable bonds is 2. The van der Waals surface area contributed by atoms with Crippen LogP contribution < -0.4 is 5.32 Å². The van der Waals surface area contributed by atoms with Gasteiger partial charge in [0.15, 0.2) is 0 Å². The van der Waals surface area contributed by atoms with Crippen LogP contribution in [0.2, 0.25) is 0 Å². The summed E-state index contributed by atoms with van der Waals surface area (Å²) in [5.74, 6) is 0.196. The van der Waals surface area contributed by atoms with Crippen LogP contribution in [0, 0.1) is 12.8 Å². The lowest BCUT2D eigenvalue weighted by molar-refractivity contribution is -0.144. The second kappa shape index (κ2) is 5.18. The van der Waals surface area contributed by atoms with Crippen molar-refractivity contribution in [1.29, 1.82) is 0 Å². The highest BCUT2D eigenvalue weighted by atomic mass is 19.4. The van der Waals surface area contributed by atoms with E-state index in [0.717, 1.165) is 17.4 Å². The van der Waals surface area contributed by atoms with Crippen molar-refractivity contribution in [2.24, 2.45) is 5.92 Å². The number of hydrogen-bond donors (Lipinski definition) is 1. The number of nitrogens with one attached hydrogen (secondary N) is 1. The number of hydrogen-bond acceptors (Lipinski definition) is 4. The molecular weight excluding hydrogens is 343 g/mol. The molecule has 2 aromatic heterocycles. The van der Waals surface area contributed by atoms with E-state index in [4.69, 9.17) is 0 Å². The number of aryl methyl sites for hydroxylation is 2. The van der Waals surface area contributed by atoms with Crippen molar-refractivity contribution >= 4 is 11.6 Å². The maximum atomic E-state index is 13.0. The molecule has 5 rings (SSSR count). The maximum Gasteiger partial charge on any atom is 0.453 e. The van der Waals surface area contributed by atoms with E-state index in [1.54, 1.807) is 13.0 Å². The Bertz CT molecular complexity index is 1010. The minimum Gasteiger partial charge on any atom is -0.366 e. The number of benzene rings is 1. The third-order valence-corrected chi connectivity index (χ3v) is 5.34. The molecule has 5 nitrogen and oxygen atoms in total. The first-order valence-electron chi connectivity index (χ1n) is 8.58. The SMILES string of the molecule is Cc1cc(NC2C3CCc4ccccc4C32)n2nc(C(F)(F)F)nc2n1. The number of anilines is 1. The topological polar surface area (TPSA) is 55.1 Å². The van der Waals surface area contributed by atoms with Gasteiger partial charge in [0.2, 0.25) is 0 Å². The van der Waals surface area contributed by atoms with Crippen LogP contribution in [0.1, 0.15) is 35.0 Å².